The highest BCUT2D eigenvalue weighted by atomic mass is 16.4. The van der Waals surface area contributed by atoms with Crippen LogP contribution < -0.4 is 0 Å². The molecule has 0 aliphatic carbocycles. The van der Waals surface area contributed by atoms with Gasteiger partial charge < -0.3 is 14.9 Å². The van der Waals surface area contributed by atoms with Gasteiger partial charge in [-0.3, -0.25) is 14.4 Å². The fourth-order valence-corrected chi connectivity index (χ4v) is 2.31. The molecule has 2 amide bonds. The SMILES string of the molecule is CCC(C)C(=O)N(C)CC(=O)N1CCC(C(=O)O)CC1. The Labute approximate surface area is 119 Å². The zero-order valence-electron chi connectivity index (χ0n) is 12.5. The zero-order chi connectivity index (χ0) is 15.3. The number of amides is 2. The lowest BCUT2D eigenvalue weighted by atomic mass is 9.97. The number of carboxylic acids is 1. The van der Waals surface area contributed by atoms with E-state index in [1.807, 2.05) is 13.8 Å². The molecular weight excluding hydrogens is 260 g/mol. The Kier molecular flexibility index (Phi) is 5.98. The Hall–Kier alpha value is -1.59. The van der Waals surface area contributed by atoms with Crippen LogP contribution in [-0.4, -0.2) is 59.4 Å². The molecule has 1 fully saturated rings. The van der Waals surface area contributed by atoms with Crippen LogP contribution in [0, 0.1) is 11.8 Å². The van der Waals surface area contributed by atoms with E-state index in [-0.39, 0.29) is 30.2 Å². The van der Waals surface area contributed by atoms with Gasteiger partial charge in [-0.15, -0.1) is 0 Å². The maximum Gasteiger partial charge on any atom is 0.306 e. The van der Waals surface area contributed by atoms with Crippen molar-refractivity contribution in [1.29, 1.82) is 0 Å². The molecule has 1 rings (SSSR count). The van der Waals surface area contributed by atoms with Crippen molar-refractivity contribution in [3.05, 3.63) is 0 Å². The van der Waals surface area contributed by atoms with Crippen molar-refractivity contribution in [2.24, 2.45) is 11.8 Å². The summed E-state index contributed by atoms with van der Waals surface area (Å²) in [6, 6.07) is 0. The lowest BCUT2D eigenvalue weighted by Gasteiger charge is -2.31. The molecule has 1 aliphatic rings. The Morgan fingerprint density at radius 2 is 1.85 bits per heavy atom. The number of rotatable bonds is 5. The minimum Gasteiger partial charge on any atom is -0.481 e. The van der Waals surface area contributed by atoms with E-state index in [0.29, 0.717) is 25.9 Å². The maximum absolute atomic E-state index is 12.1. The first-order valence-electron chi connectivity index (χ1n) is 7.12. The van der Waals surface area contributed by atoms with Gasteiger partial charge >= 0.3 is 5.97 Å². The number of likely N-dealkylation sites (N-methyl/N-ethyl adjacent to an activating group) is 1. The molecule has 6 nitrogen and oxygen atoms in total. The van der Waals surface area contributed by atoms with Gasteiger partial charge in [-0.1, -0.05) is 13.8 Å². The van der Waals surface area contributed by atoms with E-state index >= 15 is 0 Å². The van der Waals surface area contributed by atoms with Crippen LogP contribution in [0.2, 0.25) is 0 Å². The van der Waals surface area contributed by atoms with Crippen molar-refractivity contribution in [3.8, 4) is 0 Å². The number of carboxylic acid groups (broad SMARTS) is 1. The van der Waals surface area contributed by atoms with E-state index in [0.717, 1.165) is 6.42 Å². The summed E-state index contributed by atoms with van der Waals surface area (Å²) < 4.78 is 0. The summed E-state index contributed by atoms with van der Waals surface area (Å²) in [5.74, 6) is -1.35. The van der Waals surface area contributed by atoms with E-state index in [9.17, 15) is 14.4 Å². The molecule has 0 spiro atoms. The highest BCUT2D eigenvalue weighted by Crippen LogP contribution is 2.17. The monoisotopic (exact) mass is 284 g/mol. The summed E-state index contributed by atoms with van der Waals surface area (Å²) in [4.78, 5) is 38.0. The van der Waals surface area contributed by atoms with Crippen molar-refractivity contribution in [2.45, 2.75) is 33.1 Å². The second-order valence-corrected chi connectivity index (χ2v) is 5.50. The number of aliphatic carboxylic acids is 1. The van der Waals surface area contributed by atoms with Gasteiger partial charge in [-0.25, -0.2) is 0 Å². The lowest BCUT2D eigenvalue weighted by Crippen LogP contribution is -2.46. The predicted octanol–water partition coefficient (Wildman–Crippen LogP) is 0.814. The standard InChI is InChI=1S/C14H24N2O4/c1-4-10(2)13(18)15(3)9-12(17)16-7-5-11(6-8-16)14(19)20/h10-11H,4-9H2,1-3H3,(H,19,20). The third-order valence-electron chi connectivity index (χ3n) is 3.98. The van der Waals surface area contributed by atoms with Crippen LogP contribution >= 0.6 is 0 Å². The number of hydrogen-bond donors (Lipinski definition) is 1. The first kappa shape index (κ1) is 16.5. The number of likely N-dealkylation sites (tertiary alicyclic amines) is 1. The topological polar surface area (TPSA) is 77.9 Å². The fourth-order valence-electron chi connectivity index (χ4n) is 2.31. The minimum absolute atomic E-state index is 0.0266. The van der Waals surface area contributed by atoms with Crippen molar-refractivity contribution < 1.29 is 19.5 Å². The molecule has 1 N–H and O–H groups in total. The minimum atomic E-state index is -0.791. The molecule has 6 heteroatoms. The summed E-state index contributed by atoms with van der Waals surface area (Å²) in [7, 11) is 1.64. The Morgan fingerprint density at radius 1 is 1.30 bits per heavy atom. The normalized spacial score (nSPS) is 17.6. The molecule has 0 saturated carbocycles. The Bertz CT molecular complexity index is 375. The van der Waals surface area contributed by atoms with Crippen molar-refractivity contribution >= 4 is 17.8 Å². The molecular formula is C14H24N2O4. The highest BCUT2D eigenvalue weighted by molar-refractivity contribution is 5.85. The quantitative estimate of drug-likeness (QED) is 0.810. The van der Waals surface area contributed by atoms with Crippen LogP contribution in [0.15, 0.2) is 0 Å². The average Bonchev–Trinajstić information content (AvgIpc) is 2.45. The van der Waals surface area contributed by atoms with Gasteiger partial charge in [-0.05, 0) is 19.3 Å². The second-order valence-electron chi connectivity index (χ2n) is 5.50. The summed E-state index contributed by atoms with van der Waals surface area (Å²) in [6.07, 6.45) is 1.73. The molecule has 1 heterocycles. The van der Waals surface area contributed by atoms with Gasteiger partial charge in [0.05, 0.1) is 12.5 Å². The number of hydrogen-bond acceptors (Lipinski definition) is 3. The average molecular weight is 284 g/mol. The number of carbonyl (C=O) groups is 3. The fraction of sp³-hybridized carbons (Fsp3) is 0.786. The van der Waals surface area contributed by atoms with Crippen LogP contribution in [0.3, 0.4) is 0 Å². The van der Waals surface area contributed by atoms with Crippen LogP contribution in [0.25, 0.3) is 0 Å². The smallest absolute Gasteiger partial charge is 0.306 e. The van der Waals surface area contributed by atoms with Gasteiger partial charge in [0.25, 0.3) is 0 Å². The van der Waals surface area contributed by atoms with Crippen LogP contribution in [-0.2, 0) is 14.4 Å². The molecule has 0 aromatic heterocycles. The summed E-state index contributed by atoms with van der Waals surface area (Å²) in [6.45, 7) is 4.78. The lowest BCUT2D eigenvalue weighted by molar-refractivity contribution is -0.146. The molecule has 1 unspecified atom stereocenters. The van der Waals surface area contributed by atoms with Crippen LogP contribution in [0.1, 0.15) is 33.1 Å². The van der Waals surface area contributed by atoms with E-state index in [1.54, 1.807) is 11.9 Å². The molecule has 1 aliphatic heterocycles. The molecule has 20 heavy (non-hydrogen) atoms. The van der Waals surface area contributed by atoms with Gasteiger partial charge in [0.2, 0.25) is 11.8 Å². The first-order valence-corrected chi connectivity index (χ1v) is 7.12. The van der Waals surface area contributed by atoms with E-state index in [4.69, 9.17) is 5.11 Å². The molecule has 114 valence electrons. The van der Waals surface area contributed by atoms with Gasteiger partial charge in [0.15, 0.2) is 0 Å². The van der Waals surface area contributed by atoms with Gasteiger partial charge in [0, 0.05) is 26.1 Å². The second kappa shape index (κ2) is 7.26. The molecule has 1 saturated heterocycles. The number of carbonyl (C=O) groups excluding carboxylic acids is 2. The van der Waals surface area contributed by atoms with Crippen molar-refractivity contribution in [1.82, 2.24) is 9.80 Å². The van der Waals surface area contributed by atoms with Crippen LogP contribution in [0.5, 0.6) is 0 Å². The molecule has 0 aromatic rings. The van der Waals surface area contributed by atoms with E-state index < -0.39 is 5.97 Å². The highest BCUT2D eigenvalue weighted by Gasteiger charge is 2.28. The predicted molar refractivity (Wildman–Crippen MR) is 74.0 cm³/mol. The largest absolute Gasteiger partial charge is 0.481 e. The van der Waals surface area contributed by atoms with Crippen LogP contribution in [0.4, 0.5) is 0 Å². The Balaban J connectivity index is 2.44. The zero-order valence-corrected chi connectivity index (χ0v) is 12.5. The third kappa shape index (κ3) is 4.21. The van der Waals surface area contributed by atoms with E-state index in [2.05, 4.69) is 0 Å². The number of nitrogens with zero attached hydrogens (tertiary/aromatic N) is 2. The maximum atomic E-state index is 12.1. The van der Waals surface area contributed by atoms with E-state index in [1.165, 1.54) is 4.90 Å². The number of piperidine rings is 1. The summed E-state index contributed by atoms with van der Waals surface area (Å²) in [5.41, 5.74) is 0. The molecule has 0 bridgehead atoms. The third-order valence-corrected chi connectivity index (χ3v) is 3.98. The molecule has 1 atom stereocenters. The first-order chi connectivity index (χ1) is 9.36. The summed E-state index contributed by atoms with van der Waals surface area (Å²) >= 11 is 0. The van der Waals surface area contributed by atoms with Crippen molar-refractivity contribution in [2.75, 3.05) is 26.7 Å². The molecule has 0 aromatic carbocycles. The summed E-state index contributed by atoms with van der Waals surface area (Å²) in [5, 5.41) is 8.91. The Morgan fingerprint density at radius 3 is 2.30 bits per heavy atom. The van der Waals surface area contributed by atoms with Crippen molar-refractivity contribution in [3.63, 3.8) is 0 Å². The van der Waals surface area contributed by atoms with Gasteiger partial charge in [-0.2, -0.15) is 0 Å². The molecule has 0 radical (unpaired) electrons. The van der Waals surface area contributed by atoms with Gasteiger partial charge in [0.1, 0.15) is 0 Å².